The maximum atomic E-state index is 13.4. The first-order chi connectivity index (χ1) is 13.6. The van der Waals surface area contributed by atoms with E-state index in [-0.39, 0.29) is 25.5 Å². The van der Waals surface area contributed by atoms with Crippen LogP contribution in [-0.2, 0) is 12.7 Å². The van der Waals surface area contributed by atoms with Gasteiger partial charge in [0, 0.05) is 13.1 Å². The largest absolute Gasteiger partial charge is 0.465 e. The summed E-state index contributed by atoms with van der Waals surface area (Å²) < 4.78 is 40.7. The van der Waals surface area contributed by atoms with E-state index in [4.69, 9.17) is 5.11 Å². The van der Waals surface area contributed by atoms with Crippen LogP contribution in [0.15, 0.2) is 39.6 Å². The summed E-state index contributed by atoms with van der Waals surface area (Å²) in [5.74, 6) is -0.0628. The minimum atomic E-state index is -4.80. The number of amides is 1. The average molecular weight is 477 g/mol. The fourth-order valence-corrected chi connectivity index (χ4v) is 3.28. The SMILES string of the molecule is CCC(NCCNC(=O)O)c1nc(C(F)(F)F)c(Br)c(=O)n1Cc1ccccc1. The summed E-state index contributed by atoms with van der Waals surface area (Å²) in [6.07, 6.45) is -5.67. The van der Waals surface area contributed by atoms with Crippen molar-refractivity contribution in [1.82, 2.24) is 20.2 Å². The van der Waals surface area contributed by atoms with Crippen LogP contribution in [0.2, 0.25) is 0 Å². The normalized spacial score (nSPS) is 12.6. The van der Waals surface area contributed by atoms with Gasteiger partial charge in [-0.3, -0.25) is 9.36 Å². The second-order valence-corrected chi connectivity index (χ2v) is 6.95. The van der Waals surface area contributed by atoms with Gasteiger partial charge in [-0.15, -0.1) is 0 Å². The van der Waals surface area contributed by atoms with Gasteiger partial charge in [0.25, 0.3) is 5.56 Å². The Morgan fingerprint density at radius 3 is 2.48 bits per heavy atom. The third-order valence-electron chi connectivity index (χ3n) is 4.11. The highest BCUT2D eigenvalue weighted by atomic mass is 79.9. The molecular weight excluding hydrogens is 457 g/mol. The lowest BCUT2D eigenvalue weighted by Crippen LogP contribution is -2.37. The maximum absolute atomic E-state index is 13.4. The number of nitrogens with zero attached hydrogens (tertiary/aromatic N) is 2. The Kier molecular flexibility index (Phi) is 7.80. The van der Waals surface area contributed by atoms with Crippen LogP contribution in [0, 0.1) is 0 Å². The second kappa shape index (κ2) is 9.88. The Balaban J connectivity index is 2.48. The van der Waals surface area contributed by atoms with Crippen molar-refractivity contribution in [3.63, 3.8) is 0 Å². The van der Waals surface area contributed by atoms with E-state index in [1.165, 1.54) is 4.57 Å². The minimum absolute atomic E-state index is 0.0459. The Labute approximate surface area is 173 Å². The van der Waals surface area contributed by atoms with E-state index in [0.29, 0.717) is 6.42 Å². The van der Waals surface area contributed by atoms with Crippen LogP contribution in [0.5, 0.6) is 0 Å². The molecule has 1 heterocycles. The Morgan fingerprint density at radius 2 is 1.93 bits per heavy atom. The molecule has 0 radical (unpaired) electrons. The number of carboxylic acid groups (broad SMARTS) is 1. The number of carbonyl (C=O) groups is 1. The predicted molar refractivity (Wildman–Crippen MR) is 104 cm³/mol. The van der Waals surface area contributed by atoms with Crippen LogP contribution >= 0.6 is 15.9 Å². The average Bonchev–Trinajstić information content (AvgIpc) is 2.66. The van der Waals surface area contributed by atoms with E-state index in [1.807, 2.05) is 0 Å². The molecule has 0 fully saturated rings. The summed E-state index contributed by atoms with van der Waals surface area (Å²) in [4.78, 5) is 27.1. The molecule has 0 spiro atoms. The fraction of sp³-hybridized carbons (Fsp3) is 0.389. The van der Waals surface area contributed by atoms with E-state index < -0.39 is 34.0 Å². The zero-order valence-electron chi connectivity index (χ0n) is 15.5. The summed E-state index contributed by atoms with van der Waals surface area (Å²) in [6.45, 7) is 1.99. The highest BCUT2D eigenvalue weighted by molar-refractivity contribution is 9.10. The van der Waals surface area contributed by atoms with Gasteiger partial charge in [-0.1, -0.05) is 37.3 Å². The smallest absolute Gasteiger partial charge is 0.434 e. The molecule has 158 valence electrons. The molecule has 0 saturated heterocycles. The van der Waals surface area contributed by atoms with Crippen molar-refractivity contribution in [3.8, 4) is 0 Å². The third kappa shape index (κ3) is 6.04. The highest BCUT2D eigenvalue weighted by Crippen LogP contribution is 2.32. The molecule has 3 N–H and O–H groups in total. The molecule has 1 amide bonds. The molecule has 0 bridgehead atoms. The van der Waals surface area contributed by atoms with Gasteiger partial charge in [0.05, 0.1) is 12.6 Å². The second-order valence-electron chi connectivity index (χ2n) is 6.15. The Morgan fingerprint density at radius 1 is 1.28 bits per heavy atom. The van der Waals surface area contributed by atoms with Crippen molar-refractivity contribution < 1.29 is 23.1 Å². The number of hydrogen-bond acceptors (Lipinski definition) is 4. The molecular formula is C18H20BrF3N4O3. The summed E-state index contributed by atoms with van der Waals surface area (Å²) in [7, 11) is 0. The number of nitrogens with one attached hydrogen (secondary N) is 2. The van der Waals surface area contributed by atoms with Crippen molar-refractivity contribution in [3.05, 3.63) is 62.2 Å². The molecule has 2 aromatic rings. The van der Waals surface area contributed by atoms with Crippen molar-refractivity contribution >= 4 is 22.0 Å². The van der Waals surface area contributed by atoms with Crippen molar-refractivity contribution in [2.24, 2.45) is 0 Å². The summed E-state index contributed by atoms with van der Waals surface area (Å²) in [6, 6.07) is 8.15. The summed E-state index contributed by atoms with van der Waals surface area (Å²) in [5, 5.41) is 13.8. The zero-order valence-corrected chi connectivity index (χ0v) is 17.0. The van der Waals surface area contributed by atoms with Crippen LogP contribution in [0.25, 0.3) is 0 Å². The predicted octanol–water partition coefficient (Wildman–Crippen LogP) is 3.38. The number of aromatic nitrogens is 2. The van der Waals surface area contributed by atoms with Gasteiger partial charge in [0.2, 0.25) is 0 Å². The molecule has 7 nitrogen and oxygen atoms in total. The quantitative estimate of drug-likeness (QED) is 0.507. The first-order valence-corrected chi connectivity index (χ1v) is 9.56. The molecule has 1 unspecified atom stereocenters. The van der Waals surface area contributed by atoms with Gasteiger partial charge < -0.3 is 15.7 Å². The Bertz CT molecular complexity index is 904. The molecule has 1 aromatic carbocycles. The lowest BCUT2D eigenvalue weighted by molar-refractivity contribution is -0.142. The molecule has 2 rings (SSSR count). The molecule has 29 heavy (non-hydrogen) atoms. The lowest BCUT2D eigenvalue weighted by Gasteiger charge is -2.23. The van der Waals surface area contributed by atoms with Crippen molar-refractivity contribution in [2.45, 2.75) is 32.1 Å². The molecule has 1 aromatic heterocycles. The van der Waals surface area contributed by atoms with Crippen LogP contribution in [0.4, 0.5) is 18.0 Å². The molecule has 0 aliphatic heterocycles. The van der Waals surface area contributed by atoms with Crippen LogP contribution in [0.3, 0.4) is 0 Å². The van der Waals surface area contributed by atoms with E-state index in [9.17, 15) is 22.8 Å². The van der Waals surface area contributed by atoms with Crippen molar-refractivity contribution in [1.29, 1.82) is 0 Å². The third-order valence-corrected chi connectivity index (χ3v) is 4.82. The van der Waals surface area contributed by atoms with E-state index >= 15 is 0 Å². The molecule has 1 atom stereocenters. The first kappa shape index (κ1) is 22.9. The monoisotopic (exact) mass is 476 g/mol. The number of benzene rings is 1. The van der Waals surface area contributed by atoms with Gasteiger partial charge in [-0.25, -0.2) is 9.78 Å². The van der Waals surface area contributed by atoms with Crippen LogP contribution in [0.1, 0.15) is 36.5 Å². The van der Waals surface area contributed by atoms with Crippen molar-refractivity contribution in [2.75, 3.05) is 13.1 Å². The van der Waals surface area contributed by atoms with E-state index in [0.717, 1.165) is 5.56 Å². The van der Waals surface area contributed by atoms with Crippen LogP contribution < -0.4 is 16.2 Å². The highest BCUT2D eigenvalue weighted by Gasteiger charge is 2.38. The fourth-order valence-electron chi connectivity index (χ4n) is 2.75. The maximum Gasteiger partial charge on any atom is 0.434 e. The van der Waals surface area contributed by atoms with Gasteiger partial charge in [0.15, 0.2) is 5.69 Å². The first-order valence-electron chi connectivity index (χ1n) is 8.76. The standard InChI is InChI=1S/C18H20BrF3N4O3/c1-2-12(23-8-9-24-17(28)29)15-25-14(18(20,21)22)13(19)16(27)26(15)10-11-6-4-3-5-7-11/h3-7,12,23-24H,2,8-10H2,1H3,(H,28,29). The molecule has 0 aliphatic carbocycles. The molecule has 11 heteroatoms. The van der Waals surface area contributed by atoms with Crippen LogP contribution in [-0.4, -0.2) is 33.8 Å². The van der Waals surface area contributed by atoms with Gasteiger partial charge in [-0.2, -0.15) is 13.2 Å². The number of alkyl halides is 3. The number of hydrogen-bond donors (Lipinski definition) is 3. The minimum Gasteiger partial charge on any atom is -0.465 e. The van der Waals surface area contributed by atoms with E-state index in [2.05, 4.69) is 31.5 Å². The van der Waals surface area contributed by atoms with Gasteiger partial charge >= 0.3 is 12.3 Å². The van der Waals surface area contributed by atoms with E-state index in [1.54, 1.807) is 37.3 Å². The van der Waals surface area contributed by atoms with Gasteiger partial charge in [0.1, 0.15) is 10.3 Å². The van der Waals surface area contributed by atoms with Gasteiger partial charge in [-0.05, 0) is 27.9 Å². The molecule has 0 aliphatic rings. The number of rotatable bonds is 8. The summed E-state index contributed by atoms with van der Waals surface area (Å²) in [5.41, 5.74) is -1.40. The lowest BCUT2D eigenvalue weighted by atomic mass is 10.1. The topological polar surface area (TPSA) is 96.2 Å². The zero-order chi connectivity index (χ0) is 21.6. The number of halogens is 4. The Hall–Kier alpha value is -2.40. The molecule has 0 saturated carbocycles. The summed E-state index contributed by atoms with van der Waals surface area (Å²) >= 11 is 2.75.